The summed E-state index contributed by atoms with van der Waals surface area (Å²) in [5.41, 5.74) is 0.484. The van der Waals surface area contributed by atoms with Crippen LogP contribution in [-0.4, -0.2) is 47.6 Å². The molecular formula is C19H21N5O4S3. The number of hydrogen-bond acceptors (Lipinski definition) is 8. The number of primary sulfonamides is 1. The molecule has 12 heteroatoms. The van der Waals surface area contributed by atoms with Crippen molar-refractivity contribution in [2.75, 3.05) is 17.7 Å². The van der Waals surface area contributed by atoms with Crippen LogP contribution in [0.2, 0.25) is 0 Å². The molecule has 3 heterocycles. The van der Waals surface area contributed by atoms with E-state index >= 15 is 0 Å². The fraction of sp³-hybridized carbons (Fsp3) is 0.316. The first-order valence-electron chi connectivity index (χ1n) is 9.54. The molecule has 1 aliphatic heterocycles. The Morgan fingerprint density at radius 1 is 1.29 bits per heavy atom. The molecule has 3 aromatic rings. The average Bonchev–Trinajstić information content (AvgIpc) is 3.49. The van der Waals surface area contributed by atoms with Gasteiger partial charge in [-0.15, -0.1) is 21.5 Å². The van der Waals surface area contributed by atoms with Gasteiger partial charge < -0.3 is 10.1 Å². The zero-order chi connectivity index (χ0) is 21.8. The highest BCUT2D eigenvalue weighted by Crippen LogP contribution is 2.29. The van der Waals surface area contributed by atoms with Crippen molar-refractivity contribution in [1.82, 2.24) is 14.8 Å². The van der Waals surface area contributed by atoms with Gasteiger partial charge in [-0.05, 0) is 48.6 Å². The van der Waals surface area contributed by atoms with E-state index < -0.39 is 10.0 Å². The molecule has 0 bridgehead atoms. The highest BCUT2D eigenvalue weighted by molar-refractivity contribution is 7.99. The summed E-state index contributed by atoms with van der Waals surface area (Å²) >= 11 is 2.88. The van der Waals surface area contributed by atoms with Gasteiger partial charge in [-0.1, -0.05) is 17.8 Å². The van der Waals surface area contributed by atoms with Crippen molar-refractivity contribution >= 4 is 44.7 Å². The fourth-order valence-corrected chi connectivity index (χ4v) is 5.18. The lowest BCUT2D eigenvalue weighted by Crippen LogP contribution is -2.18. The van der Waals surface area contributed by atoms with E-state index in [1.165, 1.54) is 36.0 Å². The predicted molar refractivity (Wildman–Crippen MR) is 119 cm³/mol. The number of nitrogens with zero attached hydrogens (tertiary/aromatic N) is 3. The largest absolute Gasteiger partial charge is 0.376 e. The van der Waals surface area contributed by atoms with Crippen LogP contribution in [-0.2, 0) is 26.1 Å². The van der Waals surface area contributed by atoms with Crippen molar-refractivity contribution in [3.8, 4) is 10.7 Å². The molecule has 3 N–H and O–H groups in total. The Labute approximate surface area is 188 Å². The number of carbonyl (C=O) groups excluding carboxylic acids is 1. The fourth-order valence-electron chi connectivity index (χ4n) is 3.20. The molecule has 31 heavy (non-hydrogen) atoms. The number of anilines is 1. The van der Waals surface area contributed by atoms with E-state index in [4.69, 9.17) is 9.88 Å². The van der Waals surface area contributed by atoms with Crippen molar-refractivity contribution in [2.45, 2.75) is 35.5 Å². The number of thiophene rings is 1. The third kappa shape index (κ3) is 5.52. The second-order valence-corrected chi connectivity index (χ2v) is 10.4. The summed E-state index contributed by atoms with van der Waals surface area (Å²) in [6.07, 6.45) is 2.14. The smallest absolute Gasteiger partial charge is 0.238 e. The van der Waals surface area contributed by atoms with Crippen LogP contribution >= 0.6 is 23.1 Å². The molecule has 0 saturated carbocycles. The highest BCUT2D eigenvalue weighted by atomic mass is 32.2. The monoisotopic (exact) mass is 479 g/mol. The van der Waals surface area contributed by atoms with Crippen LogP contribution in [0.1, 0.15) is 12.8 Å². The SMILES string of the molecule is NS(=O)(=O)c1ccc(NC(=O)CSc2nnc(-c3cccs3)n2CC2CCCO2)cc1. The minimum atomic E-state index is -3.77. The maximum absolute atomic E-state index is 12.4. The molecule has 1 saturated heterocycles. The summed E-state index contributed by atoms with van der Waals surface area (Å²) in [5.74, 6) is 0.662. The Bertz CT molecular complexity index is 1140. The molecule has 9 nitrogen and oxygen atoms in total. The van der Waals surface area contributed by atoms with Gasteiger partial charge in [0.1, 0.15) is 0 Å². The minimum Gasteiger partial charge on any atom is -0.376 e. The number of aromatic nitrogens is 3. The Morgan fingerprint density at radius 3 is 2.74 bits per heavy atom. The quantitative estimate of drug-likeness (QED) is 0.475. The second-order valence-electron chi connectivity index (χ2n) is 6.94. The second kappa shape index (κ2) is 9.49. The first-order valence-corrected chi connectivity index (χ1v) is 13.0. The normalized spacial score (nSPS) is 16.5. The number of amides is 1. The van der Waals surface area contributed by atoms with E-state index in [1.807, 2.05) is 22.1 Å². The summed E-state index contributed by atoms with van der Waals surface area (Å²) < 4.78 is 30.5. The number of benzene rings is 1. The number of sulfonamides is 1. The third-order valence-corrected chi connectivity index (χ3v) is 7.43. The molecule has 2 aromatic heterocycles. The molecule has 1 aliphatic rings. The van der Waals surface area contributed by atoms with E-state index in [9.17, 15) is 13.2 Å². The van der Waals surface area contributed by atoms with Gasteiger partial charge >= 0.3 is 0 Å². The summed E-state index contributed by atoms with van der Waals surface area (Å²) in [6, 6.07) is 9.65. The molecular weight excluding hydrogens is 458 g/mol. The van der Waals surface area contributed by atoms with Gasteiger partial charge in [0.2, 0.25) is 15.9 Å². The number of hydrogen-bond donors (Lipinski definition) is 2. The minimum absolute atomic E-state index is 0.0109. The summed E-state index contributed by atoms with van der Waals surface area (Å²) in [4.78, 5) is 13.4. The summed E-state index contributed by atoms with van der Waals surface area (Å²) in [6.45, 7) is 1.40. The van der Waals surface area contributed by atoms with Crippen LogP contribution < -0.4 is 10.5 Å². The zero-order valence-corrected chi connectivity index (χ0v) is 18.9. The number of carbonyl (C=O) groups is 1. The van der Waals surface area contributed by atoms with Crippen LogP contribution in [0.4, 0.5) is 5.69 Å². The Morgan fingerprint density at radius 2 is 2.10 bits per heavy atom. The Balaban J connectivity index is 1.43. The number of nitrogens with one attached hydrogen (secondary N) is 1. The Kier molecular flexibility index (Phi) is 6.72. The van der Waals surface area contributed by atoms with E-state index in [1.54, 1.807) is 11.3 Å². The molecule has 1 amide bonds. The zero-order valence-electron chi connectivity index (χ0n) is 16.4. The highest BCUT2D eigenvalue weighted by Gasteiger charge is 2.22. The first-order chi connectivity index (χ1) is 14.9. The van der Waals surface area contributed by atoms with E-state index in [2.05, 4.69) is 15.5 Å². The lowest BCUT2D eigenvalue weighted by atomic mass is 10.2. The first kappa shape index (κ1) is 22.0. The van der Waals surface area contributed by atoms with Gasteiger partial charge in [0.15, 0.2) is 11.0 Å². The van der Waals surface area contributed by atoms with Crippen LogP contribution in [0.25, 0.3) is 10.7 Å². The van der Waals surface area contributed by atoms with Gasteiger partial charge in [0.25, 0.3) is 0 Å². The van der Waals surface area contributed by atoms with Gasteiger partial charge in [-0.3, -0.25) is 9.36 Å². The molecule has 0 spiro atoms. The molecule has 0 aliphatic carbocycles. The topological polar surface area (TPSA) is 129 Å². The number of thioether (sulfide) groups is 1. The molecule has 0 radical (unpaired) electrons. The summed E-state index contributed by atoms with van der Waals surface area (Å²) in [7, 11) is -3.77. The molecule has 1 atom stereocenters. The lowest BCUT2D eigenvalue weighted by molar-refractivity contribution is -0.113. The number of nitrogens with two attached hydrogens (primary N) is 1. The van der Waals surface area contributed by atoms with Gasteiger partial charge in [0.05, 0.1) is 28.2 Å². The molecule has 164 valence electrons. The maximum atomic E-state index is 12.4. The van der Waals surface area contributed by atoms with Crippen LogP contribution in [0.3, 0.4) is 0 Å². The number of ether oxygens (including phenoxy) is 1. The van der Waals surface area contributed by atoms with Gasteiger partial charge in [-0.2, -0.15) is 0 Å². The van der Waals surface area contributed by atoms with Crippen LogP contribution in [0.15, 0.2) is 51.8 Å². The molecule has 1 unspecified atom stereocenters. The van der Waals surface area contributed by atoms with Crippen LogP contribution in [0.5, 0.6) is 0 Å². The standard InChI is InChI=1S/C19H21N5O4S3/c20-31(26,27)15-7-5-13(6-8-15)21-17(25)12-30-19-23-22-18(16-4-2-10-29-16)24(19)11-14-3-1-9-28-14/h2,4-8,10,14H,1,3,9,11-12H2,(H,21,25)(H2,20,26,27). The van der Waals surface area contributed by atoms with Crippen molar-refractivity contribution < 1.29 is 17.9 Å². The molecule has 4 rings (SSSR count). The van der Waals surface area contributed by atoms with Crippen molar-refractivity contribution in [3.63, 3.8) is 0 Å². The maximum Gasteiger partial charge on any atom is 0.238 e. The Hall–Kier alpha value is -2.25. The van der Waals surface area contributed by atoms with Crippen molar-refractivity contribution in [1.29, 1.82) is 0 Å². The van der Waals surface area contributed by atoms with E-state index in [0.717, 1.165) is 30.2 Å². The van der Waals surface area contributed by atoms with Crippen molar-refractivity contribution in [3.05, 3.63) is 41.8 Å². The van der Waals surface area contributed by atoms with Crippen molar-refractivity contribution in [2.24, 2.45) is 5.14 Å². The predicted octanol–water partition coefficient (Wildman–Crippen LogP) is 2.56. The third-order valence-electron chi connectivity index (χ3n) is 4.67. The van der Waals surface area contributed by atoms with Crippen LogP contribution in [0, 0.1) is 0 Å². The molecule has 1 aromatic carbocycles. The average molecular weight is 480 g/mol. The molecule has 1 fully saturated rings. The van der Waals surface area contributed by atoms with Gasteiger partial charge in [0, 0.05) is 12.3 Å². The number of rotatable bonds is 8. The lowest BCUT2D eigenvalue weighted by Gasteiger charge is -2.14. The van der Waals surface area contributed by atoms with E-state index in [-0.39, 0.29) is 22.7 Å². The summed E-state index contributed by atoms with van der Waals surface area (Å²) in [5, 5.41) is 19.1. The van der Waals surface area contributed by atoms with E-state index in [0.29, 0.717) is 17.4 Å². The van der Waals surface area contributed by atoms with Gasteiger partial charge in [-0.25, -0.2) is 13.6 Å².